The van der Waals surface area contributed by atoms with E-state index < -0.39 is 0 Å². The van der Waals surface area contributed by atoms with Crippen molar-refractivity contribution >= 4 is 5.95 Å². The zero-order valence-corrected chi connectivity index (χ0v) is 10.5. The van der Waals surface area contributed by atoms with Gasteiger partial charge < -0.3 is 10.4 Å². The van der Waals surface area contributed by atoms with E-state index in [4.69, 9.17) is 5.11 Å². The molecule has 0 bridgehead atoms. The summed E-state index contributed by atoms with van der Waals surface area (Å²) in [7, 11) is 0. The Morgan fingerprint density at radius 1 is 1.31 bits per heavy atom. The zero-order valence-electron chi connectivity index (χ0n) is 10.5. The molecule has 0 saturated heterocycles. The molecule has 1 atom stereocenters. The Hall–Kier alpha value is -1.16. The molecule has 4 nitrogen and oxygen atoms in total. The van der Waals surface area contributed by atoms with E-state index in [-0.39, 0.29) is 6.10 Å². The van der Waals surface area contributed by atoms with Crippen LogP contribution in [0.4, 0.5) is 5.95 Å². The molecule has 0 radical (unpaired) electrons. The van der Waals surface area contributed by atoms with Crippen molar-refractivity contribution in [1.29, 1.82) is 0 Å². The zero-order chi connectivity index (χ0) is 12.1. The number of aliphatic hydroxyl groups excluding tert-OH is 1. The summed E-state index contributed by atoms with van der Waals surface area (Å²) < 4.78 is 0. The lowest BCUT2D eigenvalue weighted by molar-refractivity contribution is 0.188. The molecule has 0 fully saturated rings. The van der Waals surface area contributed by atoms with Gasteiger partial charge >= 0.3 is 0 Å². The van der Waals surface area contributed by atoms with Gasteiger partial charge in [0.25, 0.3) is 0 Å². The fourth-order valence-electron chi connectivity index (χ4n) is 1.36. The Bertz CT molecular complexity index is 337. The highest BCUT2D eigenvalue weighted by Gasteiger charge is 2.05. The summed E-state index contributed by atoms with van der Waals surface area (Å²) >= 11 is 0. The van der Waals surface area contributed by atoms with Crippen LogP contribution in [0.3, 0.4) is 0 Å². The minimum absolute atomic E-state index is 0.290. The molecule has 0 spiro atoms. The van der Waals surface area contributed by atoms with Crippen LogP contribution in [0.5, 0.6) is 0 Å². The second-order valence-electron chi connectivity index (χ2n) is 4.48. The quantitative estimate of drug-likeness (QED) is 0.802. The number of anilines is 1. The van der Waals surface area contributed by atoms with E-state index in [1.807, 2.05) is 13.0 Å². The van der Waals surface area contributed by atoms with Gasteiger partial charge in [-0.05, 0) is 32.3 Å². The smallest absolute Gasteiger partial charge is 0.223 e. The first-order valence-electron chi connectivity index (χ1n) is 5.76. The van der Waals surface area contributed by atoms with Crippen LogP contribution in [0.1, 0.15) is 44.5 Å². The number of aryl methyl sites for hydroxylation is 1. The lowest BCUT2D eigenvalue weighted by Crippen LogP contribution is -2.12. The average Bonchev–Trinajstić information content (AvgIpc) is 2.16. The SMILES string of the molecule is Cc1cc(C(C)C)nc(NCCC(C)O)n1. The Balaban J connectivity index is 2.65. The van der Waals surface area contributed by atoms with Crippen LogP contribution in [0.15, 0.2) is 6.07 Å². The summed E-state index contributed by atoms with van der Waals surface area (Å²) in [6.07, 6.45) is 0.413. The van der Waals surface area contributed by atoms with Crippen LogP contribution >= 0.6 is 0 Å². The predicted molar refractivity (Wildman–Crippen MR) is 65.6 cm³/mol. The molecule has 1 heterocycles. The summed E-state index contributed by atoms with van der Waals surface area (Å²) in [5.41, 5.74) is 2.02. The summed E-state index contributed by atoms with van der Waals surface area (Å²) in [6.45, 7) is 8.66. The molecule has 1 aromatic rings. The number of hydrogen-bond donors (Lipinski definition) is 2. The Labute approximate surface area is 97.1 Å². The highest BCUT2D eigenvalue weighted by Crippen LogP contribution is 2.14. The highest BCUT2D eigenvalue weighted by atomic mass is 16.3. The minimum Gasteiger partial charge on any atom is -0.393 e. The molecule has 0 aliphatic carbocycles. The molecule has 1 unspecified atom stereocenters. The van der Waals surface area contributed by atoms with Crippen molar-refractivity contribution in [2.24, 2.45) is 0 Å². The summed E-state index contributed by atoms with van der Waals surface area (Å²) in [5.74, 6) is 1.06. The molecule has 2 N–H and O–H groups in total. The van der Waals surface area contributed by atoms with Gasteiger partial charge in [-0.3, -0.25) is 0 Å². The topological polar surface area (TPSA) is 58.0 Å². The maximum atomic E-state index is 9.15. The standard InChI is InChI=1S/C12H21N3O/c1-8(2)11-7-9(3)14-12(15-11)13-6-5-10(4)16/h7-8,10,16H,5-6H2,1-4H3,(H,13,14,15). The number of rotatable bonds is 5. The van der Waals surface area contributed by atoms with E-state index in [1.165, 1.54) is 0 Å². The van der Waals surface area contributed by atoms with Gasteiger partial charge in [0.1, 0.15) is 0 Å². The number of aromatic nitrogens is 2. The third-order valence-corrected chi connectivity index (χ3v) is 2.31. The van der Waals surface area contributed by atoms with E-state index in [9.17, 15) is 0 Å². The van der Waals surface area contributed by atoms with Gasteiger partial charge in [-0.25, -0.2) is 9.97 Å². The second kappa shape index (κ2) is 5.80. The van der Waals surface area contributed by atoms with Gasteiger partial charge in [-0.2, -0.15) is 0 Å². The van der Waals surface area contributed by atoms with Crippen LogP contribution in [0.2, 0.25) is 0 Å². The van der Waals surface area contributed by atoms with Crippen LogP contribution in [0, 0.1) is 6.92 Å². The maximum Gasteiger partial charge on any atom is 0.223 e. The normalized spacial score (nSPS) is 12.9. The molecule has 0 aromatic carbocycles. The number of aliphatic hydroxyl groups is 1. The van der Waals surface area contributed by atoms with Crippen molar-refractivity contribution in [2.45, 2.75) is 46.1 Å². The highest BCUT2D eigenvalue weighted by molar-refractivity contribution is 5.28. The van der Waals surface area contributed by atoms with Gasteiger partial charge in [0.15, 0.2) is 0 Å². The molecule has 4 heteroatoms. The lowest BCUT2D eigenvalue weighted by atomic mass is 10.1. The fraction of sp³-hybridized carbons (Fsp3) is 0.667. The first-order chi connectivity index (χ1) is 7.49. The number of hydrogen-bond acceptors (Lipinski definition) is 4. The molecule has 16 heavy (non-hydrogen) atoms. The van der Waals surface area contributed by atoms with Gasteiger partial charge in [0.05, 0.1) is 6.10 Å². The third-order valence-electron chi connectivity index (χ3n) is 2.31. The molecule has 0 amide bonds. The van der Waals surface area contributed by atoms with E-state index in [2.05, 4.69) is 29.1 Å². The van der Waals surface area contributed by atoms with Crippen LogP contribution in [-0.2, 0) is 0 Å². The lowest BCUT2D eigenvalue weighted by Gasteiger charge is -2.10. The van der Waals surface area contributed by atoms with E-state index >= 15 is 0 Å². The second-order valence-corrected chi connectivity index (χ2v) is 4.48. The Morgan fingerprint density at radius 3 is 2.56 bits per heavy atom. The molecule has 1 aromatic heterocycles. The summed E-state index contributed by atoms with van der Waals surface area (Å²) in [5, 5.41) is 12.3. The first-order valence-corrected chi connectivity index (χ1v) is 5.76. The first kappa shape index (κ1) is 12.9. The average molecular weight is 223 g/mol. The van der Waals surface area contributed by atoms with Crippen molar-refractivity contribution in [2.75, 3.05) is 11.9 Å². The molecule has 0 saturated carbocycles. The summed E-state index contributed by atoms with van der Waals surface area (Å²) in [4.78, 5) is 8.74. The summed E-state index contributed by atoms with van der Waals surface area (Å²) in [6, 6.07) is 2.00. The van der Waals surface area contributed by atoms with Crippen LogP contribution in [-0.4, -0.2) is 27.7 Å². The Kier molecular flexibility index (Phi) is 4.68. The molecule has 1 rings (SSSR count). The van der Waals surface area contributed by atoms with Crippen molar-refractivity contribution < 1.29 is 5.11 Å². The van der Waals surface area contributed by atoms with Gasteiger partial charge in [-0.1, -0.05) is 13.8 Å². The van der Waals surface area contributed by atoms with Crippen LogP contribution in [0.25, 0.3) is 0 Å². The number of nitrogens with zero attached hydrogens (tertiary/aromatic N) is 2. The van der Waals surface area contributed by atoms with Crippen molar-refractivity contribution in [3.8, 4) is 0 Å². The van der Waals surface area contributed by atoms with Crippen molar-refractivity contribution in [1.82, 2.24) is 9.97 Å². The fourth-order valence-corrected chi connectivity index (χ4v) is 1.36. The van der Waals surface area contributed by atoms with Gasteiger partial charge in [0.2, 0.25) is 5.95 Å². The predicted octanol–water partition coefficient (Wildman–Crippen LogP) is 2.09. The molecule has 90 valence electrons. The van der Waals surface area contributed by atoms with E-state index in [0.717, 1.165) is 11.4 Å². The van der Waals surface area contributed by atoms with Crippen LogP contribution < -0.4 is 5.32 Å². The third kappa shape index (κ3) is 4.14. The molecule has 0 aliphatic heterocycles. The minimum atomic E-state index is -0.290. The maximum absolute atomic E-state index is 9.15. The number of nitrogens with one attached hydrogen (secondary N) is 1. The largest absolute Gasteiger partial charge is 0.393 e. The van der Waals surface area contributed by atoms with Crippen molar-refractivity contribution in [3.05, 3.63) is 17.5 Å². The Morgan fingerprint density at radius 2 is 2.00 bits per heavy atom. The monoisotopic (exact) mass is 223 g/mol. The molecular weight excluding hydrogens is 202 g/mol. The van der Waals surface area contributed by atoms with Gasteiger partial charge in [0, 0.05) is 17.9 Å². The van der Waals surface area contributed by atoms with E-state index in [0.29, 0.717) is 24.8 Å². The molecule has 0 aliphatic rings. The van der Waals surface area contributed by atoms with Crippen molar-refractivity contribution in [3.63, 3.8) is 0 Å². The molecular formula is C12H21N3O. The van der Waals surface area contributed by atoms with E-state index in [1.54, 1.807) is 6.92 Å². The van der Waals surface area contributed by atoms with Gasteiger partial charge in [-0.15, -0.1) is 0 Å².